The van der Waals surface area contributed by atoms with Crippen LogP contribution >= 0.6 is 0 Å². The van der Waals surface area contributed by atoms with Gasteiger partial charge in [-0.3, -0.25) is 0 Å². The average molecular weight is 218 g/mol. The van der Waals surface area contributed by atoms with Crippen LogP contribution in [0.4, 0.5) is 0 Å². The maximum absolute atomic E-state index is 5.53. The standard InChI is InChI=1S/C11H26O2Si/c1-4-7-8-9-10-14-11(12-5-2)13-6-3/h11H,4-10,14H2,1-3H3. The molecule has 0 aromatic rings. The van der Waals surface area contributed by atoms with E-state index in [9.17, 15) is 0 Å². The summed E-state index contributed by atoms with van der Waals surface area (Å²) in [6.07, 6.45) is 5.45. The van der Waals surface area contributed by atoms with Gasteiger partial charge in [0, 0.05) is 13.2 Å². The normalized spacial score (nSPS) is 12.0. The van der Waals surface area contributed by atoms with Crippen molar-refractivity contribution < 1.29 is 9.47 Å². The molecule has 0 bridgehead atoms. The van der Waals surface area contributed by atoms with Gasteiger partial charge in [0.1, 0.15) is 5.91 Å². The Morgan fingerprint density at radius 3 is 2.07 bits per heavy atom. The van der Waals surface area contributed by atoms with Crippen molar-refractivity contribution in [3.05, 3.63) is 0 Å². The molecule has 2 nitrogen and oxygen atoms in total. The van der Waals surface area contributed by atoms with Gasteiger partial charge in [0.25, 0.3) is 0 Å². The lowest BCUT2D eigenvalue weighted by molar-refractivity contribution is -0.0827. The molecule has 14 heavy (non-hydrogen) atoms. The molecule has 0 aromatic heterocycles. The summed E-state index contributed by atoms with van der Waals surface area (Å²) in [6.45, 7) is 7.90. The second-order valence-electron chi connectivity index (χ2n) is 3.54. The Morgan fingerprint density at radius 1 is 0.929 bits per heavy atom. The van der Waals surface area contributed by atoms with Crippen molar-refractivity contribution in [3.63, 3.8) is 0 Å². The highest BCUT2D eigenvalue weighted by atomic mass is 28.2. The summed E-state index contributed by atoms with van der Waals surface area (Å²) in [5.41, 5.74) is 0. The Kier molecular flexibility index (Phi) is 11.3. The van der Waals surface area contributed by atoms with Crippen LogP contribution in [0, 0.1) is 0 Å². The van der Waals surface area contributed by atoms with E-state index in [2.05, 4.69) is 6.92 Å². The van der Waals surface area contributed by atoms with E-state index in [1.165, 1.54) is 31.7 Å². The van der Waals surface area contributed by atoms with Crippen LogP contribution in [-0.4, -0.2) is 28.6 Å². The van der Waals surface area contributed by atoms with Gasteiger partial charge in [-0.2, -0.15) is 0 Å². The predicted octanol–water partition coefficient (Wildman–Crippen LogP) is 2.51. The minimum atomic E-state index is -0.169. The topological polar surface area (TPSA) is 18.5 Å². The van der Waals surface area contributed by atoms with Crippen molar-refractivity contribution >= 4 is 9.52 Å². The van der Waals surface area contributed by atoms with Crippen LogP contribution in [0.3, 0.4) is 0 Å². The van der Waals surface area contributed by atoms with Crippen LogP contribution in [-0.2, 0) is 9.47 Å². The molecule has 86 valence electrons. The molecule has 0 aliphatic rings. The zero-order chi connectivity index (χ0) is 10.6. The Labute approximate surface area is 91.2 Å². The van der Waals surface area contributed by atoms with Crippen LogP contribution in [0.25, 0.3) is 0 Å². The molecule has 0 saturated carbocycles. The first-order chi connectivity index (χ1) is 6.85. The van der Waals surface area contributed by atoms with Crippen molar-refractivity contribution in [2.24, 2.45) is 0 Å². The molecule has 0 unspecified atom stereocenters. The van der Waals surface area contributed by atoms with E-state index in [4.69, 9.17) is 9.47 Å². The van der Waals surface area contributed by atoms with Gasteiger partial charge < -0.3 is 9.47 Å². The number of ether oxygens (including phenoxy) is 2. The van der Waals surface area contributed by atoms with Gasteiger partial charge in [-0.05, 0) is 13.8 Å². The highest BCUT2D eigenvalue weighted by molar-refractivity contribution is 6.36. The summed E-state index contributed by atoms with van der Waals surface area (Å²) in [5, 5.41) is 0. The summed E-state index contributed by atoms with van der Waals surface area (Å²) in [7, 11) is -0.169. The highest BCUT2D eigenvalue weighted by Crippen LogP contribution is 2.05. The van der Waals surface area contributed by atoms with E-state index >= 15 is 0 Å². The molecule has 0 aliphatic heterocycles. The molecule has 0 fully saturated rings. The fourth-order valence-electron chi connectivity index (χ4n) is 1.50. The Balaban J connectivity index is 3.30. The number of unbranched alkanes of at least 4 members (excludes halogenated alkanes) is 3. The van der Waals surface area contributed by atoms with E-state index in [1.807, 2.05) is 13.8 Å². The quantitative estimate of drug-likeness (QED) is 0.319. The molecule has 0 aliphatic carbocycles. The summed E-state index contributed by atoms with van der Waals surface area (Å²) >= 11 is 0. The van der Waals surface area contributed by atoms with Crippen LogP contribution in [0.1, 0.15) is 46.5 Å². The SMILES string of the molecule is CCCCCC[SiH2]C(OCC)OCC. The van der Waals surface area contributed by atoms with E-state index in [0.717, 1.165) is 13.2 Å². The fourth-order valence-corrected chi connectivity index (χ4v) is 3.28. The molecule has 3 heteroatoms. The van der Waals surface area contributed by atoms with Gasteiger partial charge >= 0.3 is 0 Å². The molecular formula is C11H26O2Si. The monoisotopic (exact) mass is 218 g/mol. The summed E-state index contributed by atoms with van der Waals surface area (Å²) in [5.74, 6) is 0.173. The first-order valence-corrected chi connectivity index (χ1v) is 7.89. The van der Waals surface area contributed by atoms with Gasteiger partial charge in [-0.1, -0.05) is 38.7 Å². The Hall–Kier alpha value is 0.137. The van der Waals surface area contributed by atoms with Gasteiger partial charge in [0.05, 0.1) is 9.52 Å². The van der Waals surface area contributed by atoms with Crippen LogP contribution in [0.15, 0.2) is 0 Å². The van der Waals surface area contributed by atoms with E-state index < -0.39 is 0 Å². The first kappa shape index (κ1) is 14.1. The molecule has 0 radical (unpaired) electrons. The molecular weight excluding hydrogens is 192 g/mol. The van der Waals surface area contributed by atoms with Crippen LogP contribution in [0.5, 0.6) is 0 Å². The molecule has 0 rings (SSSR count). The van der Waals surface area contributed by atoms with Crippen LogP contribution < -0.4 is 0 Å². The van der Waals surface area contributed by atoms with Gasteiger partial charge in [0.2, 0.25) is 0 Å². The predicted molar refractivity (Wildman–Crippen MR) is 64.5 cm³/mol. The summed E-state index contributed by atoms with van der Waals surface area (Å²) in [6, 6.07) is 1.37. The largest absolute Gasteiger partial charge is 0.357 e. The molecule has 0 amide bonds. The molecule has 0 spiro atoms. The maximum atomic E-state index is 5.53. The lowest BCUT2D eigenvalue weighted by Gasteiger charge is -2.16. The minimum Gasteiger partial charge on any atom is -0.357 e. The van der Waals surface area contributed by atoms with Crippen molar-refractivity contribution in [2.75, 3.05) is 13.2 Å². The minimum absolute atomic E-state index is 0.169. The number of hydrogen-bond acceptors (Lipinski definition) is 2. The first-order valence-electron chi connectivity index (χ1n) is 6.08. The molecule has 0 heterocycles. The third-order valence-electron chi connectivity index (χ3n) is 2.25. The Bertz CT molecular complexity index is 103. The molecule has 0 N–H and O–H groups in total. The van der Waals surface area contributed by atoms with Crippen molar-refractivity contribution in [2.45, 2.75) is 58.4 Å². The molecule has 0 saturated heterocycles. The molecule has 0 aromatic carbocycles. The molecule has 0 atom stereocenters. The van der Waals surface area contributed by atoms with Gasteiger partial charge in [0.15, 0.2) is 0 Å². The lowest BCUT2D eigenvalue weighted by atomic mass is 10.2. The number of rotatable bonds is 10. The smallest absolute Gasteiger partial charge is 0.134 e. The number of hydrogen-bond donors (Lipinski definition) is 0. The lowest BCUT2D eigenvalue weighted by Crippen LogP contribution is -2.24. The van der Waals surface area contributed by atoms with Crippen molar-refractivity contribution in [1.29, 1.82) is 0 Å². The zero-order valence-electron chi connectivity index (χ0n) is 10.1. The van der Waals surface area contributed by atoms with Crippen LogP contribution in [0.2, 0.25) is 6.04 Å². The summed E-state index contributed by atoms with van der Waals surface area (Å²) in [4.78, 5) is 0. The average Bonchev–Trinajstić information content (AvgIpc) is 2.18. The van der Waals surface area contributed by atoms with E-state index in [-0.39, 0.29) is 15.4 Å². The van der Waals surface area contributed by atoms with E-state index in [1.54, 1.807) is 0 Å². The Morgan fingerprint density at radius 2 is 1.57 bits per heavy atom. The van der Waals surface area contributed by atoms with E-state index in [0.29, 0.717) is 0 Å². The second kappa shape index (κ2) is 11.2. The third kappa shape index (κ3) is 8.72. The van der Waals surface area contributed by atoms with Crippen molar-refractivity contribution in [1.82, 2.24) is 0 Å². The summed E-state index contributed by atoms with van der Waals surface area (Å²) < 4.78 is 11.1. The highest BCUT2D eigenvalue weighted by Gasteiger charge is 2.07. The maximum Gasteiger partial charge on any atom is 0.134 e. The third-order valence-corrected chi connectivity index (χ3v) is 4.10. The van der Waals surface area contributed by atoms with Gasteiger partial charge in [-0.25, -0.2) is 0 Å². The van der Waals surface area contributed by atoms with Crippen molar-refractivity contribution in [3.8, 4) is 0 Å². The zero-order valence-corrected chi connectivity index (χ0v) is 11.5. The second-order valence-corrected chi connectivity index (χ2v) is 5.49. The van der Waals surface area contributed by atoms with Gasteiger partial charge in [-0.15, -0.1) is 0 Å². The fraction of sp³-hybridized carbons (Fsp3) is 1.00.